The summed E-state index contributed by atoms with van der Waals surface area (Å²) < 4.78 is 40.8. The van der Waals surface area contributed by atoms with Crippen LogP contribution in [0.3, 0.4) is 0 Å². The predicted octanol–water partition coefficient (Wildman–Crippen LogP) is 3.46. The second kappa shape index (κ2) is 7.11. The molecule has 1 aliphatic heterocycles. The van der Waals surface area contributed by atoms with Gasteiger partial charge in [-0.25, -0.2) is 4.98 Å². The number of nitrogens with one attached hydrogen (secondary N) is 2. The number of alkyl halides is 3. The fourth-order valence-corrected chi connectivity index (χ4v) is 3.28. The van der Waals surface area contributed by atoms with Crippen LogP contribution in [-0.4, -0.2) is 42.5 Å². The third-order valence-electron chi connectivity index (χ3n) is 4.55. The zero-order valence-corrected chi connectivity index (χ0v) is 14.5. The van der Waals surface area contributed by atoms with Crippen LogP contribution in [0, 0.1) is 0 Å². The Hall–Kier alpha value is -2.74. The van der Waals surface area contributed by atoms with Crippen molar-refractivity contribution in [2.24, 2.45) is 0 Å². The highest BCUT2D eigenvalue weighted by Crippen LogP contribution is 2.26. The summed E-state index contributed by atoms with van der Waals surface area (Å²) in [5.74, 6) is 0.637. The molecule has 2 heterocycles. The van der Waals surface area contributed by atoms with E-state index in [2.05, 4.69) is 19.9 Å². The number of nitrogens with zero attached hydrogens (tertiary/aromatic N) is 2. The number of para-hydroxylation sites is 1. The molecule has 2 aromatic carbocycles. The van der Waals surface area contributed by atoms with Crippen LogP contribution in [0.25, 0.3) is 11.0 Å². The van der Waals surface area contributed by atoms with Crippen LogP contribution in [0.15, 0.2) is 42.5 Å². The molecule has 1 aromatic heterocycles. The fraction of sp³-hybridized carbons (Fsp3) is 0.316. The van der Waals surface area contributed by atoms with Crippen molar-refractivity contribution in [3.63, 3.8) is 0 Å². The maximum Gasteiger partial charge on any atom is 0.573 e. The Morgan fingerprint density at radius 3 is 2.48 bits per heavy atom. The molecule has 5 nitrogen and oxygen atoms in total. The summed E-state index contributed by atoms with van der Waals surface area (Å²) in [6, 6.07) is 11.9. The van der Waals surface area contributed by atoms with E-state index in [0.29, 0.717) is 6.42 Å². The summed E-state index contributed by atoms with van der Waals surface area (Å²) in [7, 11) is 0. The molecule has 0 amide bonds. The van der Waals surface area contributed by atoms with Gasteiger partial charge < -0.3 is 19.9 Å². The van der Waals surface area contributed by atoms with Crippen molar-refractivity contribution in [3.05, 3.63) is 53.6 Å². The molecule has 0 saturated carbocycles. The van der Waals surface area contributed by atoms with Gasteiger partial charge in [-0.2, -0.15) is 0 Å². The van der Waals surface area contributed by atoms with Crippen LogP contribution >= 0.6 is 0 Å². The highest BCUT2D eigenvalue weighted by molar-refractivity contribution is 5.81. The lowest BCUT2D eigenvalue weighted by Crippen LogP contribution is -2.44. The monoisotopic (exact) mass is 376 g/mol. The molecular formula is C19H19F3N4O. The van der Waals surface area contributed by atoms with Gasteiger partial charge in [0.1, 0.15) is 5.75 Å². The Kier molecular flexibility index (Phi) is 4.65. The van der Waals surface area contributed by atoms with Gasteiger partial charge >= 0.3 is 6.36 Å². The lowest BCUT2D eigenvalue weighted by atomic mass is 10.0. The minimum Gasteiger partial charge on any atom is -0.406 e. The molecule has 4 rings (SSSR count). The molecule has 0 radical (unpaired) electrons. The van der Waals surface area contributed by atoms with Gasteiger partial charge in [-0.3, -0.25) is 0 Å². The fourth-order valence-electron chi connectivity index (χ4n) is 3.28. The van der Waals surface area contributed by atoms with Gasteiger partial charge in [-0.05, 0) is 35.7 Å². The number of imidazole rings is 1. The minimum atomic E-state index is -4.68. The SMILES string of the molecule is FC(F)(F)Oc1ccc(Cc2cccc3[nH]c(N4CCNCC4)nc23)cc1. The second-order valence-corrected chi connectivity index (χ2v) is 6.48. The molecule has 1 saturated heterocycles. The first kappa shape index (κ1) is 17.7. The number of H-pyrrole nitrogens is 1. The molecule has 8 heteroatoms. The van der Waals surface area contributed by atoms with E-state index in [0.717, 1.165) is 54.3 Å². The number of piperazine rings is 1. The molecule has 142 valence electrons. The van der Waals surface area contributed by atoms with Crippen molar-refractivity contribution in [1.29, 1.82) is 0 Å². The molecule has 1 aliphatic rings. The van der Waals surface area contributed by atoms with E-state index < -0.39 is 6.36 Å². The zero-order valence-electron chi connectivity index (χ0n) is 14.5. The predicted molar refractivity (Wildman–Crippen MR) is 97.1 cm³/mol. The number of hydrogen-bond donors (Lipinski definition) is 2. The van der Waals surface area contributed by atoms with Gasteiger partial charge in [0.2, 0.25) is 5.95 Å². The van der Waals surface area contributed by atoms with E-state index in [4.69, 9.17) is 4.98 Å². The van der Waals surface area contributed by atoms with Crippen molar-refractivity contribution in [2.75, 3.05) is 31.1 Å². The van der Waals surface area contributed by atoms with Crippen molar-refractivity contribution in [3.8, 4) is 5.75 Å². The normalized spacial score (nSPS) is 15.3. The Labute approximate surface area is 154 Å². The molecule has 0 aliphatic carbocycles. The van der Waals surface area contributed by atoms with Crippen LogP contribution in [0.2, 0.25) is 0 Å². The Balaban J connectivity index is 1.55. The largest absolute Gasteiger partial charge is 0.573 e. The summed E-state index contributed by atoms with van der Waals surface area (Å²) in [6.07, 6.45) is -4.10. The molecule has 27 heavy (non-hydrogen) atoms. The van der Waals surface area contributed by atoms with Crippen LogP contribution in [0.4, 0.5) is 19.1 Å². The van der Waals surface area contributed by atoms with Crippen LogP contribution in [0.5, 0.6) is 5.75 Å². The lowest BCUT2D eigenvalue weighted by molar-refractivity contribution is -0.274. The second-order valence-electron chi connectivity index (χ2n) is 6.48. The van der Waals surface area contributed by atoms with Crippen LogP contribution in [0.1, 0.15) is 11.1 Å². The minimum absolute atomic E-state index is 0.217. The van der Waals surface area contributed by atoms with E-state index in [1.54, 1.807) is 12.1 Å². The van der Waals surface area contributed by atoms with Gasteiger partial charge in [-0.1, -0.05) is 24.3 Å². The maximum atomic E-state index is 12.3. The average molecular weight is 376 g/mol. The number of benzene rings is 2. The number of anilines is 1. The molecule has 0 spiro atoms. The number of ether oxygens (including phenoxy) is 1. The van der Waals surface area contributed by atoms with Crippen LogP contribution < -0.4 is 15.0 Å². The van der Waals surface area contributed by atoms with Gasteiger partial charge in [0.15, 0.2) is 0 Å². The molecule has 3 aromatic rings. The van der Waals surface area contributed by atoms with E-state index >= 15 is 0 Å². The van der Waals surface area contributed by atoms with Crippen molar-refractivity contribution in [1.82, 2.24) is 15.3 Å². The number of fused-ring (bicyclic) bond motifs is 1. The molecule has 0 atom stereocenters. The number of rotatable bonds is 4. The Bertz CT molecular complexity index is 915. The quantitative estimate of drug-likeness (QED) is 0.732. The summed E-state index contributed by atoms with van der Waals surface area (Å²) in [5.41, 5.74) is 3.76. The average Bonchev–Trinajstić information content (AvgIpc) is 3.08. The number of aromatic nitrogens is 2. The molecule has 0 bridgehead atoms. The standard InChI is InChI=1S/C19H19F3N4O/c20-19(21,22)27-15-6-4-13(5-7-15)12-14-2-1-3-16-17(14)25-18(24-16)26-10-8-23-9-11-26/h1-7,23H,8-12H2,(H,24,25). The zero-order chi connectivity index (χ0) is 18.9. The smallest absolute Gasteiger partial charge is 0.406 e. The first-order chi connectivity index (χ1) is 13.0. The summed E-state index contributed by atoms with van der Waals surface area (Å²) in [6.45, 7) is 3.65. The van der Waals surface area contributed by atoms with E-state index in [1.807, 2.05) is 18.2 Å². The van der Waals surface area contributed by atoms with E-state index in [-0.39, 0.29) is 5.75 Å². The molecular weight excluding hydrogens is 357 g/mol. The molecule has 1 fully saturated rings. The third kappa shape index (κ3) is 4.16. The number of halogens is 3. The first-order valence-electron chi connectivity index (χ1n) is 8.76. The third-order valence-corrected chi connectivity index (χ3v) is 4.55. The number of aromatic amines is 1. The Morgan fingerprint density at radius 2 is 1.78 bits per heavy atom. The summed E-state index contributed by atoms with van der Waals surface area (Å²) in [5, 5.41) is 3.32. The van der Waals surface area contributed by atoms with Gasteiger partial charge in [0.05, 0.1) is 11.0 Å². The number of hydrogen-bond acceptors (Lipinski definition) is 4. The topological polar surface area (TPSA) is 53.2 Å². The molecule has 0 unspecified atom stereocenters. The lowest BCUT2D eigenvalue weighted by Gasteiger charge is -2.26. The Morgan fingerprint density at radius 1 is 1.04 bits per heavy atom. The summed E-state index contributed by atoms with van der Waals surface area (Å²) in [4.78, 5) is 10.3. The van der Waals surface area contributed by atoms with Gasteiger partial charge in [-0.15, -0.1) is 13.2 Å². The molecule has 2 N–H and O–H groups in total. The summed E-state index contributed by atoms with van der Waals surface area (Å²) >= 11 is 0. The highest BCUT2D eigenvalue weighted by Gasteiger charge is 2.30. The van der Waals surface area contributed by atoms with Crippen molar-refractivity contribution >= 4 is 17.0 Å². The van der Waals surface area contributed by atoms with Crippen LogP contribution in [-0.2, 0) is 6.42 Å². The van der Waals surface area contributed by atoms with Crippen molar-refractivity contribution < 1.29 is 17.9 Å². The highest BCUT2D eigenvalue weighted by atomic mass is 19.4. The van der Waals surface area contributed by atoms with E-state index in [9.17, 15) is 13.2 Å². The first-order valence-corrected chi connectivity index (χ1v) is 8.76. The van der Waals surface area contributed by atoms with Gasteiger partial charge in [0.25, 0.3) is 0 Å². The maximum absolute atomic E-state index is 12.3. The van der Waals surface area contributed by atoms with E-state index in [1.165, 1.54) is 12.1 Å². The van der Waals surface area contributed by atoms with Gasteiger partial charge in [0, 0.05) is 26.2 Å². The van der Waals surface area contributed by atoms with Crippen molar-refractivity contribution in [2.45, 2.75) is 12.8 Å².